The maximum absolute atomic E-state index is 14.7. The highest BCUT2D eigenvalue weighted by Gasteiger charge is 2.34. The van der Waals surface area contributed by atoms with Crippen LogP contribution < -0.4 is 0 Å². The van der Waals surface area contributed by atoms with Gasteiger partial charge in [-0.1, -0.05) is 197 Å². The molecule has 0 aliphatic rings. The smallest absolute Gasteiger partial charge is 0.251 e. The number of rotatable bonds is 12. The quantitative estimate of drug-likeness (QED) is 0.0810. The number of aromatic nitrogens is 24. The average molecular weight is 2200 g/mol. The maximum atomic E-state index is 14.7. The maximum Gasteiger partial charge on any atom is 0.252 e. The van der Waals surface area contributed by atoms with Gasteiger partial charge in [-0.25, -0.2) is 140 Å². The van der Waals surface area contributed by atoms with Crippen LogP contribution in [0.15, 0.2) is 61.6 Å². The molecule has 0 aromatic carbocycles. The van der Waals surface area contributed by atoms with Crippen LogP contribution in [0.3, 0.4) is 0 Å². The second kappa shape index (κ2) is 41.2. The number of hydrogen-bond donors (Lipinski definition) is 0. The largest absolute Gasteiger partial charge is 0.252 e. The lowest BCUT2D eigenvalue weighted by Gasteiger charge is -2.13. The van der Waals surface area contributed by atoms with E-state index in [1.54, 1.807) is 0 Å². The molecule has 16 heterocycles. The Balaban J connectivity index is 0.000000152. The Bertz CT molecular complexity index is 6620. The Morgan fingerprint density at radius 2 is 0.433 bits per heavy atom. The molecular weight excluding hydrogens is 2190 g/mol. The zero-order chi connectivity index (χ0) is 97.8. The molecule has 60 heteroatoms. The normalized spacial score (nSPS) is 11.2. The fraction of sp³-hybridized carbons (Fsp3) is 0.0270. The average Bonchev–Trinajstić information content (AvgIpc) is 0.751. The molecule has 0 radical (unpaired) electrons. The second-order valence-corrected chi connectivity index (χ2v) is 31.6. The molecule has 16 aromatic rings. The third-order valence-electron chi connectivity index (χ3n) is 17.0. The van der Waals surface area contributed by atoms with Crippen LogP contribution in [0.25, 0.3) is 137 Å². The van der Waals surface area contributed by atoms with Crippen LogP contribution in [0.2, 0.25) is 86.0 Å². The van der Waals surface area contributed by atoms with E-state index < -0.39 is 180 Å². The van der Waals surface area contributed by atoms with Crippen molar-refractivity contribution in [2.45, 2.75) is 13.8 Å². The summed E-state index contributed by atoms with van der Waals surface area (Å²) in [6.07, 6.45) is 6.66. The van der Waals surface area contributed by atoms with Crippen molar-refractivity contribution in [1.29, 1.82) is 0 Å². The van der Waals surface area contributed by atoms with E-state index in [2.05, 4.69) is 120 Å². The van der Waals surface area contributed by atoms with Gasteiger partial charge in [-0.3, -0.25) is 4.98 Å². The van der Waals surface area contributed by atoms with Crippen LogP contribution in [0.1, 0.15) is 11.3 Å². The molecule has 0 amide bonds. The molecule has 16 rings (SSSR count). The Hall–Kier alpha value is -10.6. The summed E-state index contributed by atoms with van der Waals surface area (Å²) in [4.78, 5) is 88.7. The van der Waals surface area contributed by atoms with Gasteiger partial charge < -0.3 is 0 Å². The molecule has 0 bridgehead atoms. The molecule has 0 atom stereocenters. The fourth-order valence-corrected chi connectivity index (χ4v) is 13.6. The number of nitrogens with zero attached hydrogens (tertiary/aromatic N) is 24. The third-order valence-corrected chi connectivity index (χ3v) is 23.7. The van der Waals surface area contributed by atoms with Crippen molar-refractivity contribution in [1.82, 2.24) is 120 Å². The van der Waals surface area contributed by atoms with Crippen LogP contribution in [0.4, 0.5) is 83.4 Å². The summed E-state index contributed by atoms with van der Waals surface area (Å²) in [6.45, 7) is 2.35. The first-order valence-electron chi connectivity index (χ1n) is 34.3. The van der Waals surface area contributed by atoms with E-state index in [1.807, 2.05) is 0 Å². The lowest BCUT2D eigenvalue weighted by molar-refractivity contribution is 0.409. The summed E-state index contributed by atoms with van der Waals surface area (Å²) in [7, 11) is 0. The molecule has 0 unspecified atom stereocenters. The summed E-state index contributed by atoms with van der Waals surface area (Å²) in [5, 5.41) is 1.25. The van der Waals surface area contributed by atoms with E-state index in [0.717, 1.165) is 6.92 Å². The van der Waals surface area contributed by atoms with E-state index in [4.69, 9.17) is 197 Å². The van der Waals surface area contributed by atoms with Gasteiger partial charge in [0.05, 0.1) is 99.2 Å². The van der Waals surface area contributed by atoms with Gasteiger partial charge >= 0.3 is 0 Å². The molecule has 0 aliphatic carbocycles. The highest BCUT2D eigenvalue weighted by Crippen LogP contribution is 2.45. The standard InChI is InChI=1S/C20H6F10N6.C18H3Cl9N6.C18H4Cl8N6.C18H3F9N6/c1-3-4(2)31-13(26)8(21)5(3)18-34-19(6-9(22)14(27)32-15(28)10(6)23)36-20(35-18)7-11(24)16(29)33-17(30)12(7)25;19-7-4(1-28-13(25)10(7)22)16-31-17(5-2-29-14(26)11(23)8(5)20)33-18(32-16)6-3-30-15(27)12(24)9(6)21;19-5-1-9(27-4-8(5)22)16-30-17(10-2-6(20)12(23)14(25)28-10)32-18(31-16)11-3-7(21)13(24)15(26)29-11;19-7-4(1-28-13(25)10(7)22)16-31-17(5-2-29-14(26)11(23)8(5)20)33-18(32-16)6-3-30-15(27)12(24)9(6)21/h1-2H3;1-3H;1-4H;1-3H. The van der Waals surface area contributed by atoms with Crippen LogP contribution in [0, 0.1) is 125 Å². The van der Waals surface area contributed by atoms with Gasteiger partial charge in [-0.2, -0.15) is 58.3 Å². The Morgan fingerprint density at radius 3 is 0.739 bits per heavy atom. The number of pyridine rings is 12. The van der Waals surface area contributed by atoms with E-state index in [9.17, 15) is 83.4 Å². The first kappa shape index (κ1) is 101. The number of halogens is 36. The monoisotopic (exact) mass is 2200 g/mol. The van der Waals surface area contributed by atoms with E-state index >= 15 is 0 Å². The molecule has 684 valence electrons. The van der Waals surface area contributed by atoms with E-state index in [1.165, 1.54) is 49.9 Å². The highest BCUT2D eigenvalue weighted by atomic mass is 35.5. The molecular formula is C74H16Cl17F19N24. The Kier molecular flexibility index (Phi) is 31.0. The lowest BCUT2D eigenvalue weighted by atomic mass is 10.1. The zero-order valence-electron chi connectivity index (χ0n) is 63.1. The first-order chi connectivity index (χ1) is 63.2. The first-order valence-corrected chi connectivity index (χ1v) is 40.7. The van der Waals surface area contributed by atoms with Gasteiger partial charge in [0.25, 0.3) is 41.6 Å². The predicted molar refractivity (Wildman–Crippen MR) is 452 cm³/mol. The van der Waals surface area contributed by atoms with Crippen molar-refractivity contribution in [3.63, 3.8) is 0 Å². The molecule has 0 fully saturated rings. The van der Waals surface area contributed by atoms with Gasteiger partial charge in [0, 0.05) is 49.1 Å². The van der Waals surface area contributed by atoms with Gasteiger partial charge in [-0.05, 0) is 37.6 Å². The van der Waals surface area contributed by atoms with Crippen LogP contribution in [0.5, 0.6) is 0 Å². The molecule has 24 nitrogen and oxygen atoms in total. The zero-order valence-corrected chi connectivity index (χ0v) is 76.0. The topological polar surface area (TPSA) is 309 Å². The van der Waals surface area contributed by atoms with Crippen LogP contribution >= 0.6 is 197 Å². The SMILES string of the molecule is Cc1nc(F)c(F)c(-c2nc(-c3c(F)c(F)nc(F)c3F)nc(-c3c(F)c(F)nc(F)c3F)n2)c1C.Clc1cnc(-c2nc(-c3cc(Cl)c(Cl)c(Cl)n3)nc(-c3cc(Cl)c(Cl)c(Cl)n3)n2)cc1Cl.Clc1ncc(-c2nc(-c3cnc(Cl)c(Cl)c3Cl)nc(-c3cnc(Cl)c(Cl)c3Cl)n2)c(Cl)c1Cl.Fc1ncc(-c2nc(-c3cnc(F)c(F)c3F)nc(-c3cnc(F)c(F)c3F)n2)c(F)c1F. The van der Waals surface area contributed by atoms with Crippen LogP contribution in [-0.4, -0.2) is 120 Å². The minimum atomic E-state index is -2.20. The highest BCUT2D eigenvalue weighted by molar-refractivity contribution is 6.51. The minimum Gasteiger partial charge on any atom is -0.251 e. The van der Waals surface area contributed by atoms with Crippen LogP contribution in [-0.2, 0) is 0 Å². The molecule has 134 heavy (non-hydrogen) atoms. The molecule has 0 N–H and O–H groups in total. The number of aryl methyl sites for hydroxylation is 1. The van der Waals surface area contributed by atoms with Crippen molar-refractivity contribution in [2.75, 3.05) is 0 Å². The fourth-order valence-electron chi connectivity index (χ4n) is 10.6. The summed E-state index contributed by atoms with van der Waals surface area (Å²) in [5.41, 5.74) is -5.99. The third kappa shape index (κ3) is 20.6. The summed E-state index contributed by atoms with van der Waals surface area (Å²) < 4.78 is 264. The number of hydrogen-bond acceptors (Lipinski definition) is 24. The van der Waals surface area contributed by atoms with Gasteiger partial charge in [0.2, 0.25) is 23.4 Å². The predicted octanol–water partition coefficient (Wildman–Crippen LogP) is 26.6. The van der Waals surface area contributed by atoms with Crippen molar-refractivity contribution in [3.05, 3.63) is 270 Å². The minimum absolute atomic E-state index is 0.00775. The van der Waals surface area contributed by atoms with Crippen molar-refractivity contribution < 1.29 is 83.4 Å². The van der Waals surface area contributed by atoms with Gasteiger partial charge in [-0.15, -0.1) is 0 Å². The Labute approximate surface area is 815 Å². The van der Waals surface area contributed by atoms with Gasteiger partial charge in [0.15, 0.2) is 116 Å². The lowest BCUT2D eigenvalue weighted by Crippen LogP contribution is -2.11. The van der Waals surface area contributed by atoms with Crippen molar-refractivity contribution in [2.24, 2.45) is 0 Å². The summed E-state index contributed by atoms with van der Waals surface area (Å²) in [5.74, 6) is -44.6. The molecule has 0 spiro atoms. The molecule has 0 saturated heterocycles. The van der Waals surface area contributed by atoms with Crippen molar-refractivity contribution in [3.8, 4) is 137 Å². The van der Waals surface area contributed by atoms with E-state index in [-0.39, 0.29) is 160 Å². The van der Waals surface area contributed by atoms with Gasteiger partial charge in [0.1, 0.15) is 54.0 Å². The molecule has 0 aliphatic heterocycles. The molecule has 0 saturated carbocycles. The summed E-state index contributed by atoms with van der Waals surface area (Å²) in [6, 6.07) is 4.41. The Morgan fingerprint density at radius 1 is 0.179 bits per heavy atom. The molecule has 16 aromatic heterocycles. The van der Waals surface area contributed by atoms with E-state index in [0.29, 0.717) is 24.3 Å². The summed E-state index contributed by atoms with van der Waals surface area (Å²) >= 11 is 104. The van der Waals surface area contributed by atoms with Crippen molar-refractivity contribution >= 4 is 197 Å². The second-order valence-electron chi connectivity index (χ2n) is 25.1.